The summed E-state index contributed by atoms with van der Waals surface area (Å²) in [6.07, 6.45) is 5.33. The molecule has 0 aromatic carbocycles. The van der Waals surface area contributed by atoms with Crippen molar-refractivity contribution in [3.8, 4) is 11.8 Å². The second-order valence-corrected chi connectivity index (χ2v) is 4.54. The molecule has 1 saturated carbocycles. The van der Waals surface area contributed by atoms with Crippen molar-refractivity contribution in [2.45, 2.75) is 31.7 Å². The Labute approximate surface area is 115 Å². The molecule has 7 heteroatoms. The molecule has 1 heterocycles. The zero-order valence-electron chi connectivity index (χ0n) is 10.2. The van der Waals surface area contributed by atoms with Crippen LogP contribution in [-0.4, -0.2) is 27.7 Å². The summed E-state index contributed by atoms with van der Waals surface area (Å²) < 4.78 is 0. The van der Waals surface area contributed by atoms with E-state index in [1.54, 1.807) is 0 Å². The fourth-order valence-electron chi connectivity index (χ4n) is 2.18. The molecule has 1 aromatic rings. The average molecular weight is 281 g/mol. The molecular weight excluding hydrogens is 268 g/mol. The Balaban J connectivity index is 2.39. The van der Waals surface area contributed by atoms with Gasteiger partial charge in [-0.05, 0) is 24.4 Å². The highest BCUT2D eigenvalue weighted by Gasteiger charge is 2.27. The third-order valence-electron chi connectivity index (χ3n) is 3.02. The van der Waals surface area contributed by atoms with Crippen LogP contribution in [0.1, 0.15) is 31.2 Å². The first-order chi connectivity index (χ1) is 9.26. The average Bonchev–Trinajstić information content (AvgIpc) is 2.93. The number of nitroso groups, excluding NO2 is 1. The van der Waals surface area contributed by atoms with Gasteiger partial charge in [-0.15, -0.1) is 4.91 Å². The number of nitrogens with zero attached hydrogens (tertiary/aromatic N) is 4. The summed E-state index contributed by atoms with van der Waals surface area (Å²) in [5, 5.41) is 13.2. The number of aliphatic hydroxyl groups is 1. The third kappa shape index (κ3) is 3.19. The van der Waals surface area contributed by atoms with Crippen molar-refractivity contribution in [2.75, 3.05) is 11.6 Å². The van der Waals surface area contributed by atoms with Gasteiger partial charge >= 0.3 is 0 Å². The van der Waals surface area contributed by atoms with Gasteiger partial charge in [0.25, 0.3) is 0 Å². The predicted molar refractivity (Wildman–Crippen MR) is 71.5 cm³/mol. The van der Waals surface area contributed by atoms with E-state index in [2.05, 4.69) is 27.1 Å². The summed E-state index contributed by atoms with van der Waals surface area (Å²) in [6.45, 7) is -0.278. The van der Waals surface area contributed by atoms with E-state index < -0.39 is 0 Å². The van der Waals surface area contributed by atoms with Crippen LogP contribution in [0.4, 0.5) is 5.82 Å². The normalized spacial score (nSPS) is 14.8. The number of aromatic nitrogens is 2. The van der Waals surface area contributed by atoms with Crippen molar-refractivity contribution >= 4 is 17.4 Å². The summed E-state index contributed by atoms with van der Waals surface area (Å²) >= 11 is 5.77. The van der Waals surface area contributed by atoms with Crippen LogP contribution in [0.15, 0.2) is 11.5 Å². The molecule has 1 N–H and O–H groups in total. The Kier molecular flexibility index (Phi) is 4.66. The van der Waals surface area contributed by atoms with Crippen LogP contribution >= 0.6 is 11.6 Å². The monoisotopic (exact) mass is 280 g/mol. The van der Waals surface area contributed by atoms with E-state index in [1.807, 2.05) is 0 Å². The molecule has 1 aliphatic rings. The topological polar surface area (TPSA) is 78.7 Å². The molecule has 1 fully saturated rings. The summed E-state index contributed by atoms with van der Waals surface area (Å²) in [6, 6.07) is 0.0261. The molecule has 0 unspecified atom stereocenters. The second kappa shape index (κ2) is 6.45. The maximum atomic E-state index is 11.1. The zero-order valence-corrected chi connectivity index (χ0v) is 11.0. The Morgan fingerprint density at radius 1 is 1.53 bits per heavy atom. The fourth-order valence-corrected chi connectivity index (χ4v) is 2.31. The Morgan fingerprint density at radius 3 is 2.89 bits per heavy atom. The van der Waals surface area contributed by atoms with Gasteiger partial charge in [0.1, 0.15) is 6.61 Å². The van der Waals surface area contributed by atoms with E-state index in [1.165, 1.54) is 11.2 Å². The van der Waals surface area contributed by atoms with Crippen molar-refractivity contribution in [1.82, 2.24) is 9.97 Å². The lowest BCUT2D eigenvalue weighted by Crippen LogP contribution is -2.29. The van der Waals surface area contributed by atoms with Crippen molar-refractivity contribution in [1.29, 1.82) is 0 Å². The van der Waals surface area contributed by atoms with Crippen LogP contribution in [0.5, 0.6) is 0 Å². The summed E-state index contributed by atoms with van der Waals surface area (Å²) in [5.41, 5.74) is 0.435. The Bertz CT molecular complexity index is 520. The van der Waals surface area contributed by atoms with Gasteiger partial charge in [-0.1, -0.05) is 24.7 Å². The highest BCUT2D eigenvalue weighted by atomic mass is 35.5. The van der Waals surface area contributed by atoms with Gasteiger partial charge < -0.3 is 5.11 Å². The molecule has 6 nitrogen and oxygen atoms in total. The maximum Gasteiger partial charge on any atom is 0.224 e. The van der Waals surface area contributed by atoms with Crippen LogP contribution in [0.2, 0.25) is 5.28 Å². The highest BCUT2D eigenvalue weighted by molar-refractivity contribution is 6.28. The minimum atomic E-state index is -0.278. The standard InChI is InChI=1S/C12H13ClN4O2/c13-12-14-8-9(4-3-7-18)11(15-12)17(16-19)10-5-1-2-6-10/h8,10,18H,1-2,5-7H2. The van der Waals surface area contributed by atoms with Gasteiger partial charge in [0.15, 0.2) is 5.82 Å². The van der Waals surface area contributed by atoms with E-state index in [9.17, 15) is 4.91 Å². The fraction of sp³-hybridized carbons (Fsp3) is 0.500. The number of anilines is 1. The van der Waals surface area contributed by atoms with Gasteiger partial charge in [-0.3, -0.25) is 0 Å². The molecule has 0 atom stereocenters. The number of rotatable bonds is 3. The van der Waals surface area contributed by atoms with Gasteiger partial charge in [0.2, 0.25) is 5.28 Å². The molecule has 0 bridgehead atoms. The summed E-state index contributed by atoms with van der Waals surface area (Å²) in [4.78, 5) is 19.0. The van der Waals surface area contributed by atoms with E-state index in [-0.39, 0.29) is 17.9 Å². The van der Waals surface area contributed by atoms with Gasteiger partial charge in [-0.2, -0.15) is 4.98 Å². The molecule has 19 heavy (non-hydrogen) atoms. The molecule has 1 aromatic heterocycles. The first-order valence-corrected chi connectivity index (χ1v) is 6.39. The molecule has 0 amide bonds. The van der Waals surface area contributed by atoms with Crippen LogP contribution in [0.25, 0.3) is 0 Å². The SMILES string of the molecule is O=NN(c1nc(Cl)ncc1C#CCO)C1CCCC1. The van der Waals surface area contributed by atoms with Crippen LogP contribution in [0, 0.1) is 16.7 Å². The van der Waals surface area contributed by atoms with E-state index >= 15 is 0 Å². The van der Waals surface area contributed by atoms with Gasteiger partial charge in [0.05, 0.1) is 16.9 Å². The number of halogens is 1. The van der Waals surface area contributed by atoms with Crippen molar-refractivity contribution < 1.29 is 5.11 Å². The summed E-state index contributed by atoms with van der Waals surface area (Å²) in [5.74, 6) is 5.52. The van der Waals surface area contributed by atoms with Gasteiger partial charge in [-0.25, -0.2) is 9.99 Å². The predicted octanol–water partition coefficient (Wildman–Crippen LogP) is 1.90. The molecule has 0 saturated heterocycles. The molecule has 0 spiro atoms. The number of hydrogen-bond donors (Lipinski definition) is 1. The largest absolute Gasteiger partial charge is 0.384 e. The zero-order chi connectivity index (χ0) is 13.7. The quantitative estimate of drug-likeness (QED) is 0.396. The minimum absolute atomic E-state index is 0.0261. The van der Waals surface area contributed by atoms with Crippen molar-refractivity contribution in [3.05, 3.63) is 22.0 Å². The lowest BCUT2D eigenvalue weighted by molar-refractivity contribution is 0.350. The highest BCUT2D eigenvalue weighted by Crippen LogP contribution is 2.29. The summed E-state index contributed by atoms with van der Waals surface area (Å²) in [7, 11) is 0. The van der Waals surface area contributed by atoms with E-state index in [0.29, 0.717) is 11.4 Å². The minimum Gasteiger partial charge on any atom is -0.384 e. The molecule has 2 rings (SSSR count). The molecule has 1 aliphatic carbocycles. The van der Waals surface area contributed by atoms with Crippen molar-refractivity contribution in [3.63, 3.8) is 0 Å². The van der Waals surface area contributed by atoms with Crippen LogP contribution in [0.3, 0.4) is 0 Å². The first-order valence-electron chi connectivity index (χ1n) is 6.01. The van der Waals surface area contributed by atoms with Crippen molar-refractivity contribution in [2.24, 2.45) is 5.29 Å². The molecular formula is C12H13ClN4O2. The Morgan fingerprint density at radius 2 is 2.26 bits per heavy atom. The van der Waals surface area contributed by atoms with Crippen LogP contribution < -0.4 is 5.01 Å². The first kappa shape index (κ1) is 13.7. The lowest BCUT2D eigenvalue weighted by atomic mass is 10.2. The van der Waals surface area contributed by atoms with Crippen LogP contribution in [-0.2, 0) is 0 Å². The number of hydrogen-bond acceptors (Lipinski definition) is 5. The lowest BCUT2D eigenvalue weighted by Gasteiger charge is -2.21. The molecule has 0 radical (unpaired) electrons. The number of aliphatic hydroxyl groups excluding tert-OH is 1. The third-order valence-corrected chi connectivity index (χ3v) is 3.20. The smallest absolute Gasteiger partial charge is 0.224 e. The molecule has 0 aliphatic heterocycles. The van der Waals surface area contributed by atoms with Gasteiger partial charge in [0, 0.05) is 6.20 Å². The Hall–Kier alpha value is -1.71. The second-order valence-electron chi connectivity index (χ2n) is 4.20. The maximum absolute atomic E-state index is 11.1. The molecule has 100 valence electrons. The van der Waals surface area contributed by atoms with E-state index in [4.69, 9.17) is 16.7 Å². The van der Waals surface area contributed by atoms with E-state index in [0.717, 1.165) is 25.7 Å².